The molecule has 2 N–H and O–H groups in total. The first-order chi connectivity index (χ1) is 7.78. The third-order valence-corrected chi connectivity index (χ3v) is 3.77. The molecule has 6 heteroatoms. The van der Waals surface area contributed by atoms with Gasteiger partial charge in [-0.3, -0.25) is 0 Å². The van der Waals surface area contributed by atoms with Crippen molar-refractivity contribution in [2.24, 2.45) is 0 Å². The van der Waals surface area contributed by atoms with E-state index in [1.807, 2.05) is 13.2 Å². The Labute approximate surface area is 107 Å². The van der Waals surface area contributed by atoms with Gasteiger partial charge in [-0.25, -0.2) is 9.59 Å². The molecule has 0 heterocycles. The number of aliphatic carboxylic acids is 1. The Morgan fingerprint density at radius 1 is 1.53 bits per heavy atom. The second-order valence-corrected chi connectivity index (χ2v) is 5.25. The van der Waals surface area contributed by atoms with E-state index in [1.54, 1.807) is 25.7 Å². The number of carboxylic acids is 1. The van der Waals surface area contributed by atoms with E-state index in [4.69, 9.17) is 5.11 Å². The molecule has 0 aromatic heterocycles. The van der Waals surface area contributed by atoms with E-state index in [0.29, 0.717) is 6.42 Å². The molecule has 0 saturated heterocycles. The van der Waals surface area contributed by atoms with Crippen molar-refractivity contribution in [2.45, 2.75) is 38.8 Å². The molecule has 0 aliphatic carbocycles. The molecule has 2 atom stereocenters. The van der Waals surface area contributed by atoms with Crippen LogP contribution in [0.4, 0.5) is 4.79 Å². The second kappa shape index (κ2) is 6.74. The van der Waals surface area contributed by atoms with Gasteiger partial charge in [-0.05, 0) is 26.5 Å². The summed E-state index contributed by atoms with van der Waals surface area (Å²) in [6, 6.07) is -0.279. The Hall–Kier alpha value is -0.910. The third kappa shape index (κ3) is 4.46. The number of hydrogen-bond acceptors (Lipinski definition) is 3. The lowest BCUT2D eigenvalue weighted by Crippen LogP contribution is -2.56. The molecule has 2 amide bonds. The van der Waals surface area contributed by atoms with Crippen LogP contribution in [0.1, 0.15) is 27.2 Å². The molecule has 2 unspecified atom stereocenters. The van der Waals surface area contributed by atoms with Gasteiger partial charge in [0.25, 0.3) is 0 Å². The van der Waals surface area contributed by atoms with Crippen LogP contribution in [-0.4, -0.2) is 52.6 Å². The number of nitrogens with zero attached hydrogens (tertiary/aromatic N) is 1. The van der Waals surface area contributed by atoms with Crippen LogP contribution in [0, 0.1) is 0 Å². The van der Waals surface area contributed by atoms with E-state index in [0.717, 1.165) is 5.75 Å². The number of rotatable bonds is 6. The summed E-state index contributed by atoms with van der Waals surface area (Å²) in [7, 11) is 1.67. The smallest absolute Gasteiger partial charge is 0.329 e. The third-order valence-electron chi connectivity index (χ3n) is 2.95. The van der Waals surface area contributed by atoms with Crippen molar-refractivity contribution >= 4 is 23.8 Å². The fraction of sp³-hybridized carbons (Fsp3) is 0.818. The monoisotopic (exact) mass is 262 g/mol. The number of carbonyl (C=O) groups is 2. The predicted octanol–water partition coefficient (Wildman–Crippen LogP) is 1.63. The molecular weight excluding hydrogens is 240 g/mol. The van der Waals surface area contributed by atoms with Crippen molar-refractivity contribution in [3.8, 4) is 0 Å². The largest absolute Gasteiger partial charge is 0.480 e. The number of carbonyl (C=O) groups excluding carboxylic acids is 1. The van der Waals surface area contributed by atoms with Gasteiger partial charge in [-0.15, -0.1) is 0 Å². The first-order valence-electron chi connectivity index (χ1n) is 5.55. The Kier molecular flexibility index (Phi) is 6.37. The molecule has 0 radical (unpaired) electrons. The molecule has 0 saturated carbocycles. The molecule has 0 aromatic rings. The summed E-state index contributed by atoms with van der Waals surface area (Å²) in [6.07, 6.45) is 2.31. The van der Waals surface area contributed by atoms with Crippen LogP contribution in [0.3, 0.4) is 0 Å². The topological polar surface area (TPSA) is 69.6 Å². The number of thioether (sulfide) groups is 1. The molecule has 0 spiro atoms. The molecule has 0 rings (SSSR count). The summed E-state index contributed by atoms with van der Waals surface area (Å²) >= 11 is 1.65. The highest BCUT2D eigenvalue weighted by Crippen LogP contribution is 2.11. The lowest BCUT2D eigenvalue weighted by atomic mass is 10.00. The average Bonchev–Trinajstić information content (AvgIpc) is 2.27. The van der Waals surface area contributed by atoms with Crippen molar-refractivity contribution in [3.63, 3.8) is 0 Å². The highest BCUT2D eigenvalue weighted by atomic mass is 32.2. The summed E-state index contributed by atoms with van der Waals surface area (Å²) in [5.74, 6) is -0.195. The van der Waals surface area contributed by atoms with Crippen molar-refractivity contribution in [1.82, 2.24) is 10.2 Å². The maximum absolute atomic E-state index is 11.9. The first kappa shape index (κ1) is 16.1. The maximum atomic E-state index is 11.9. The van der Waals surface area contributed by atoms with E-state index in [2.05, 4.69) is 5.32 Å². The van der Waals surface area contributed by atoms with E-state index < -0.39 is 11.5 Å². The van der Waals surface area contributed by atoms with Crippen LogP contribution in [0.25, 0.3) is 0 Å². The number of carboxylic acid groups (broad SMARTS) is 1. The van der Waals surface area contributed by atoms with Crippen molar-refractivity contribution in [1.29, 1.82) is 0 Å². The zero-order valence-electron chi connectivity index (χ0n) is 11.1. The minimum absolute atomic E-state index is 0.0694. The van der Waals surface area contributed by atoms with Gasteiger partial charge in [-0.1, -0.05) is 6.92 Å². The number of urea groups is 1. The van der Waals surface area contributed by atoms with Gasteiger partial charge >= 0.3 is 12.0 Å². The minimum Gasteiger partial charge on any atom is -0.480 e. The van der Waals surface area contributed by atoms with Crippen molar-refractivity contribution in [2.75, 3.05) is 19.1 Å². The normalized spacial score (nSPS) is 15.8. The van der Waals surface area contributed by atoms with Crippen LogP contribution in [-0.2, 0) is 4.79 Å². The molecule has 0 aliphatic rings. The SMILES string of the molecule is CCC(C)(NC(=O)N(C)C(C)CSC)C(=O)O. The van der Waals surface area contributed by atoms with Gasteiger partial charge in [-0.2, -0.15) is 11.8 Å². The van der Waals surface area contributed by atoms with Crippen LogP contribution in [0.5, 0.6) is 0 Å². The predicted molar refractivity (Wildman–Crippen MR) is 70.5 cm³/mol. The van der Waals surface area contributed by atoms with E-state index in [9.17, 15) is 9.59 Å². The zero-order chi connectivity index (χ0) is 13.6. The Morgan fingerprint density at radius 2 is 2.06 bits per heavy atom. The maximum Gasteiger partial charge on any atom is 0.329 e. The lowest BCUT2D eigenvalue weighted by molar-refractivity contribution is -0.143. The average molecular weight is 262 g/mol. The highest BCUT2D eigenvalue weighted by Gasteiger charge is 2.34. The van der Waals surface area contributed by atoms with E-state index in [-0.39, 0.29) is 12.1 Å². The quantitative estimate of drug-likeness (QED) is 0.763. The van der Waals surface area contributed by atoms with Gasteiger partial charge < -0.3 is 15.3 Å². The second-order valence-electron chi connectivity index (χ2n) is 4.34. The van der Waals surface area contributed by atoms with E-state index in [1.165, 1.54) is 11.8 Å². The molecular formula is C11H22N2O3S. The molecule has 0 aliphatic heterocycles. The Balaban J connectivity index is 4.57. The molecule has 0 aromatic carbocycles. The summed E-state index contributed by atoms with van der Waals surface area (Å²) in [4.78, 5) is 24.5. The van der Waals surface area contributed by atoms with Gasteiger partial charge in [0.05, 0.1) is 0 Å². The zero-order valence-corrected chi connectivity index (χ0v) is 11.9. The van der Waals surface area contributed by atoms with Crippen LogP contribution >= 0.6 is 11.8 Å². The van der Waals surface area contributed by atoms with Gasteiger partial charge in [0.2, 0.25) is 0 Å². The highest BCUT2D eigenvalue weighted by molar-refractivity contribution is 7.98. The molecule has 5 nitrogen and oxygen atoms in total. The molecule has 17 heavy (non-hydrogen) atoms. The fourth-order valence-electron chi connectivity index (χ4n) is 1.17. The van der Waals surface area contributed by atoms with Gasteiger partial charge in [0.15, 0.2) is 0 Å². The summed E-state index contributed by atoms with van der Waals surface area (Å²) < 4.78 is 0. The van der Waals surface area contributed by atoms with E-state index >= 15 is 0 Å². The Morgan fingerprint density at radius 3 is 2.41 bits per heavy atom. The van der Waals surface area contributed by atoms with Crippen LogP contribution in [0.2, 0.25) is 0 Å². The molecule has 0 fully saturated rings. The lowest BCUT2D eigenvalue weighted by Gasteiger charge is -2.30. The number of hydrogen-bond donors (Lipinski definition) is 2. The summed E-state index contributed by atoms with van der Waals surface area (Å²) in [6.45, 7) is 5.18. The van der Waals surface area contributed by atoms with Gasteiger partial charge in [0, 0.05) is 18.8 Å². The number of nitrogens with one attached hydrogen (secondary N) is 1. The first-order valence-corrected chi connectivity index (χ1v) is 6.95. The number of amides is 2. The minimum atomic E-state index is -1.20. The standard InChI is InChI=1S/C11H22N2O3S/c1-6-11(3,9(14)15)12-10(16)13(4)8(2)7-17-5/h8H,6-7H2,1-5H3,(H,12,16)(H,14,15). The van der Waals surface area contributed by atoms with Crippen molar-refractivity contribution < 1.29 is 14.7 Å². The fourth-order valence-corrected chi connectivity index (χ4v) is 1.88. The van der Waals surface area contributed by atoms with Gasteiger partial charge in [0.1, 0.15) is 5.54 Å². The van der Waals surface area contributed by atoms with Crippen LogP contribution in [0.15, 0.2) is 0 Å². The molecule has 0 bridgehead atoms. The summed E-state index contributed by atoms with van der Waals surface area (Å²) in [5, 5.41) is 11.6. The van der Waals surface area contributed by atoms with Crippen LogP contribution < -0.4 is 5.32 Å². The van der Waals surface area contributed by atoms with Crippen molar-refractivity contribution in [3.05, 3.63) is 0 Å². The Bertz CT molecular complexity index is 286. The summed E-state index contributed by atoms with van der Waals surface area (Å²) in [5.41, 5.74) is -1.20. The molecule has 100 valence electrons.